The van der Waals surface area contributed by atoms with Crippen LogP contribution in [0.25, 0.3) is 6.08 Å². The molecule has 1 saturated heterocycles. The van der Waals surface area contributed by atoms with Gasteiger partial charge in [0.25, 0.3) is 11.8 Å². The number of fused-ring (bicyclic) bond motifs is 1. The third-order valence-electron chi connectivity index (χ3n) is 4.46. The molecule has 8 nitrogen and oxygen atoms in total. The molecule has 10 heteroatoms. The number of benzene rings is 1. The number of thioether (sulfide) groups is 1. The van der Waals surface area contributed by atoms with Crippen LogP contribution in [0.15, 0.2) is 35.2 Å². The largest absolute Gasteiger partial charge is 0.482 e. The number of aromatic nitrogens is 1. The number of ether oxygens (including phenoxy) is 3. The van der Waals surface area contributed by atoms with Crippen molar-refractivity contribution < 1.29 is 23.8 Å². The standard InChI is InChI=1S/C20H17N3O5S2/c1-26-16-7-12(8-17(21-16)27-2)9-23-13-5-11(3-4-14(13)28-10-18(23)24)6-15-19(25)22-20(29)30-15/h3-8H,9-10H2,1-2H3,(H,22,25,29). The van der Waals surface area contributed by atoms with Crippen LogP contribution in [-0.4, -0.2) is 41.9 Å². The van der Waals surface area contributed by atoms with Gasteiger partial charge in [0.1, 0.15) is 10.1 Å². The highest BCUT2D eigenvalue weighted by molar-refractivity contribution is 8.26. The van der Waals surface area contributed by atoms with Crippen LogP contribution in [0.5, 0.6) is 17.5 Å². The van der Waals surface area contributed by atoms with Crippen LogP contribution in [0.2, 0.25) is 0 Å². The van der Waals surface area contributed by atoms with Crippen molar-refractivity contribution in [2.24, 2.45) is 0 Å². The highest BCUT2D eigenvalue weighted by atomic mass is 32.2. The summed E-state index contributed by atoms with van der Waals surface area (Å²) in [7, 11) is 3.03. The van der Waals surface area contributed by atoms with Gasteiger partial charge in [0.2, 0.25) is 11.8 Å². The molecule has 0 radical (unpaired) electrons. The highest BCUT2D eigenvalue weighted by Crippen LogP contribution is 2.36. The van der Waals surface area contributed by atoms with Gasteiger partial charge in [0.15, 0.2) is 6.61 Å². The van der Waals surface area contributed by atoms with Gasteiger partial charge in [0.05, 0.1) is 31.4 Å². The predicted molar refractivity (Wildman–Crippen MR) is 117 cm³/mol. The maximum Gasteiger partial charge on any atom is 0.265 e. The Morgan fingerprint density at radius 3 is 2.60 bits per heavy atom. The zero-order chi connectivity index (χ0) is 21.3. The van der Waals surface area contributed by atoms with Crippen LogP contribution in [-0.2, 0) is 16.1 Å². The minimum Gasteiger partial charge on any atom is -0.482 e. The van der Waals surface area contributed by atoms with Gasteiger partial charge in [-0.3, -0.25) is 9.59 Å². The average molecular weight is 444 g/mol. The van der Waals surface area contributed by atoms with Crippen molar-refractivity contribution in [1.29, 1.82) is 0 Å². The first kappa shape index (κ1) is 20.2. The number of nitrogens with zero attached hydrogens (tertiary/aromatic N) is 2. The fraction of sp³-hybridized carbons (Fsp3) is 0.200. The smallest absolute Gasteiger partial charge is 0.265 e. The number of amides is 2. The maximum absolute atomic E-state index is 12.6. The van der Waals surface area contributed by atoms with Crippen LogP contribution in [0.3, 0.4) is 0 Å². The predicted octanol–water partition coefficient (Wildman–Crippen LogP) is 2.51. The van der Waals surface area contributed by atoms with Crippen molar-refractivity contribution in [3.05, 3.63) is 46.4 Å². The van der Waals surface area contributed by atoms with E-state index >= 15 is 0 Å². The molecule has 1 N–H and O–H groups in total. The zero-order valence-corrected chi connectivity index (χ0v) is 17.8. The molecular formula is C20H17N3O5S2. The molecule has 0 bridgehead atoms. The topological polar surface area (TPSA) is 90.0 Å². The van der Waals surface area contributed by atoms with Crippen molar-refractivity contribution in [3.63, 3.8) is 0 Å². The van der Waals surface area contributed by atoms with Crippen LogP contribution in [0.4, 0.5) is 5.69 Å². The number of thiocarbonyl (C=S) groups is 1. The molecule has 2 aliphatic rings. The summed E-state index contributed by atoms with van der Waals surface area (Å²) < 4.78 is 16.4. The third-order valence-corrected chi connectivity index (χ3v) is 5.63. The minimum absolute atomic E-state index is 0.0562. The van der Waals surface area contributed by atoms with Crippen LogP contribution >= 0.6 is 24.0 Å². The fourth-order valence-electron chi connectivity index (χ4n) is 3.07. The molecule has 4 rings (SSSR count). The summed E-state index contributed by atoms with van der Waals surface area (Å²) >= 11 is 6.23. The first-order valence-electron chi connectivity index (χ1n) is 8.88. The first-order chi connectivity index (χ1) is 14.5. The summed E-state index contributed by atoms with van der Waals surface area (Å²) in [6.07, 6.45) is 1.73. The third kappa shape index (κ3) is 4.10. The average Bonchev–Trinajstić information content (AvgIpc) is 3.06. The van der Waals surface area contributed by atoms with Gasteiger partial charge in [-0.05, 0) is 29.3 Å². The number of methoxy groups -OCH3 is 2. The van der Waals surface area contributed by atoms with E-state index in [1.54, 1.807) is 29.2 Å². The molecule has 30 heavy (non-hydrogen) atoms. The van der Waals surface area contributed by atoms with Crippen molar-refractivity contribution >= 4 is 51.9 Å². The Bertz CT molecular complexity index is 1060. The SMILES string of the molecule is COc1cc(CN2C(=O)COc3ccc(C=C4SC(=S)NC4=O)cc32)cc(OC)n1. The van der Waals surface area contributed by atoms with Gasteiger partial charge < -0.3 is 24.4 Å². The number of carbonyl (C=O) groups is 2. The Morgan fingerprint density at radius 1 is 1.23 bits per heavy atom. The summed E-state index contributed by atoms with van der Waals surface area (Å²) in [5.41, 5.74) is 2.16. The Morgan fingerprint density at radius 2 is 1.97 bits per heavy atom. The molecule has 0 saturated carbocycles. The number of hydrogen-bond acceptors (Lipinski definition) is 8. The Labute approximate surface area is 182 Å². The molecule has 1 aromatic carbocycles. The monoisotopic (exact) mass is 443 g/mol. The molecule has 0 unspecified atom stereocenters. The van der Waals surface area contributed by atoms with E-state index in [0.29, 0.717) is 32.4 Å². The number of pyridine rings is 1. The van der Waals surface area contributed by atoms with Crippen LogP contribution < -0.4 is 24.4 Å². The zero-order valence-electron chi connectivity index (χ0n) is 16.1. The van der Waals surface area contributed by atoms with E-state index in [1.807, 2.05) is 12.1 Å². The lowest BCUT2D eigenvalue weighted by Gasteiger charge is -2.30. The van der Waals surface area contributed by atoms with Crippen molar-refractivity contribution in [3.8, 4) is 17.5 Å². The van der Waals surface area contributed by atoms with Gasteiger partial charge >= 0.3 is 0 Å². The molecule has 2 aliphatic heterocycles. The van der Waals surface area contributed by atoms with E-state index in [4.69, 9.17) is 26.4 Å². The maximum atomic E-state index is 12.6. The quantitative estimate of drug-likeness (QED) is 0.557. The highest BCUT2D eigenvalue weighted by Gasteiger charge is 2.27. The summed E-state index contributed by atoms with van der Waals surface area (Å²) in [6.45, 7) is 0.225. The number of nitrogens with one attached hydrogen (secondary N) is 1. The second kappa shape index (κ2) is 8.33. The number of hydrogen-bond donors (Lipinski definition) is 1. The summed E-state index contributed by atoms with van der Waals surface area (Å²) in [6, 6.07) is 8.91. The molecular weight excluding hydrogens is 426 g/mol. The van der Waals surface area contributed by atoms with E-state index in [2.05, 4.69) is 10.3 Å². The molecule has 0 atom stereocenters. The van der Waals surface area contributed by atoms with Gasteiger partial charge in [0, 0.05) is 12.1 Å². The first-order valence-corrected chi connectivity index (χ1v) is 10.1. The van der Waals surface area contributed by atoms with Gasteiger partial charge in [-0.15, -0.1) is 0 Å². The second-order valence-corrected chi connectivity index (χ2v) is 8.13. The molecule has 2 amide bonds. The summed E-state index contributed by atoms with van der Waals surface area (Å²) in [5.74, 6) is 0.955. The number of anilines is 1. The van der Waals surface area contributed by atoms with E-state index in [9.17, 15) is 9.59 Å². The van der Waals surface area contributed by atoms with Crippen LogP contribution in [0, 0.1) is 0 Å². The van der Waals surface area contributed by atoms with Crippen molar-refractivity contribution in [2.75, 3.05) is 25.7 Å². The molecule has 0 aliphatic carbocycles. The Balaban J connectivity index is 1.68. The van der Waals surface area contributed by atoms with Crippen molar-refractivity contribution in [2.45, 2.75) is 6.54 Å². The van der Waals surface area contributed by atoms with E-state index in [0.717, 1.165) is 11.1 Å². The van der Waals surface area contributed by atoms with E-state index in [1.165, 1.54) is 26.0 Å². The van der Waals surface area contributed by atoms with Crippen molar-refractivity contribution in [1.82, 2.24) is 10.3 Å². The molecule has 1 fully saturated rings. The Hall–Kier alpha value is -3.11. The Kier molecular flexibility index (Phi) is 5.60. The summed E-state index contributed by atoms with van der Waals surface area (Å²) in [4.78, 5) is 30.9. The normalized spacial score (nSPS) is 16.9. The molecule has 3 heterocycles. The van der Waals surface area contributed by atoms with Gasteiger partial charge in [-0.25, -0.2) is 0 Å². The molecule has 0 spiro atoms. The lowest BCUT2D eigenvalue weighted by Crippen LogP contribution is -2.38. The fourth-order valence-corrected chi connectivity index (χ4v) is 4.11. The van der Waals surface area contributed by atoms with E-state index < -0.39 is 0 Å². The lowest BCUT2D eigenvalue weighted by atomic mass is 10.1. The molecule has 154 valence electrons. The lowest BCUT2D eigenvalue weighted by molar-refractivity contribution is -0.121. The number of carbonyl (C=O) groups excluding carboxylic acids is 2. The minimum atomic E-state index is -0.233. The van der Waals surface area contributed by atoms with Crippen LogP contribution in [0.1, 0.15) is 11.1 Å². The second-order valence-electron chi connectivity index (χ2n) is 6.41. The van der Waals surface area contributed by atoms with Gasteiger partial charge in [-0.2, -0.15) is 4.98 Å². The number of rotatable bonds is 5. The van der Waals surface area contributed by atoms with E-state index in [-0.39, 0.29) is 25.0 Å². The van der Waals surface area contributed by atoms with Gasteiger partial charge in [-0.1, -0.05) is 30.0 Å². The summed E-state index contributed by atoms with van der Waals surface area (Å²) in [5, 5.41) is 2.59. The molecule has 2 aromatic rings. The molecule has 1 aromatic heterocycles.